The topological polar surface area (TPSA) is 75.7 Å². The van der Waals surface area contributed by atoms with Crippen LogP contribution >= 0.6 is 0 Å². The molecule has 0 unspecified atom stereocenters. The molecule has 1 N–H and O–H groups in total. The van der Waals surface area contributed by atoms with Gasteiger partial charge in [0.25, 0.3) is 0 Å². The molecule has 0 heterocycles. The van der Waals surface area contributed by atoms with E-state index in [9.17, 15) is 17.6 Å². The maximum Gasteiger partial charge on any atom is 0.243 e. The van der Waals surface area contributed by atoms with Crippen LogP contribution < -0.4 is 10.1 Å². The Hall–Kier alpha value is -2.45. The lowest BCUT2D eigenvalue weighted by Crippen LogP contribution is -2.39. The highest BCUT2D eigenvalue weighted by molar-refractivity contribution is 7.89. The number of benzene rings is 2. The van der Waals surface area contributed by atoms with E-state index in [4.69, 9.17) is 4.74 Å². The van der Waals surface area contributed by atoms with Crippen molar-refractivity contribution in [1.29, 1.82) is 0 Å². The highest BCUT2D eigenvalue weighted by Crippen LogP contribution is 2.22. The minimum Gasteiger partial charge on any atom is -0.494 e. The number of rotatable bonds is 7. The number of carbonyl (C=O) groups excluding carboxylic acids is 1. The van der Waals surface area contributed by atoms with E-state index in [1.54, 1.807) is 25.1 Å². The molecule has 0 bridgehead atoms. The van der Waals surface area contributed by atoms with Gasteiger partial charge in [-0.3, -0.25) is 4.79 Å². The van der Waals surface area contributed by atoms with Crippen LogP contribution in [0.15, 0.2) is 47.4 Å². The van der Waals surface area contributed by atoms with Gasteiger partial charge in [-0.15, -0.1) is 0 Å². The summed E-state index contributed by atoms with van der Waals surface area (Å²) in [6.07, 6.45) is 0. The van der Waals surface area contributed by atoms with Crippen molar-refractivity contribution < 1.29 is 22.3 Å². The molecular weight excluding hydrogens is 371 g/mol. The van der Waals surface area contributed by atoms with E-state index in [0.29, 0.717) is 5.56 Å². The highest BCUT2D eigenvalue weighted by atomic mass is 32.2. The molecule has 0 aromatic heterocycles. The van der Waals surface area contributed by atoms with Gasteiger partial charge in [0.05, 0.1) is 24.6 Å². The Bertz CT molecular complexity index is 914. The molecule has 1 atom stereocenters. The summed E-state index contributed by atoms with van der Waals surface area (Å²) in [4.78, 5) is 12.4. The lowest BCUT2D eigenvalue weighted by Gasteiger charge is -2.20. The van der Waals surface area contributed by atoms with Crippen LogP contribution in [0.1, 0.15) is 24.1 Å². The van der Waals surface area contributed by atoms with Crippen LogP contribution in [0, 0.1) is 12.7 Å². The molecule has 2 aromatic carbocycles. The molecule has 8 heteroatoms. The smallest absolute Gasteiger partial charge is 0.243 e. The van der Waals surface area contributed by atoms with E-state index in [0.717, 1.165) is 9.87 Å². The van der Waals surface area contributed by atoms with Gasteiger partial charge in [-0.05, 0) is 43.7 Å². The minimum absolute atomic E-state index is 0.112. The number of ether oxygens (including phenoxy) is 1. The van der Waals surface area contributed by atoms with Gasteiger partial charge >= 0.3 is 0 Å². The van der Waals surface area contributed by atoms with Gasteiger partial charge in [0.15, 0.2) is 11.6 Å². The van der Waals surface area contributed by atoms with Crippen molar-refractivity contribution in [3.63, 3.8) is 0 Å². The SMILES string of the molecule is COc1ccc([C@H](C)NC(=O)CN(C)S(=O)(=O)c2ccc(C)cc2)cc1F. The Kier molecular flexibility index (Phi) is 6.56. The standard InChI is InChI=1S/C19H23FN2O4S/c1-13-5-8-16(9-6-13)27(24,25)22(3)12-19(23)21-14(2)15-7-10-18(26-4)17(20)11-15/h5-11,14H,12H2,1-4H3,(H,21,23)/t14-/m0/s1. The summed E-state index contributed by atoms with van der Waals surface area (Å²) in [7, 11) is -1.06. The Balaban J connectivity index is 2.03. The van der Waals surface area contributed by atoms with E-state index in [1.807, 2.05) is 6.92 Å². The van der Waals surface area contributed by atoms with Crippen LogP contribution in [0.4, 0.5) is 4.39 Å². The number of aryl methyl sites for hydroxylation is 1. The van der Waals surface area contributed by atoms with Crippen LogP contribution in [0.25, 0.3) is 0 Å². The first-order valence-corrected chi connectivity index (χ1v) is 9.75. The van der Waals surface area contributed by atoms with Gasteiger partial charge in [-0.25, -0.2) is 12.8 Å². The second-order valence-electron chi connectivity index (χ2n) is 6.26. The average Bonchev–Trinajstić information content (AvgIpc) is 2.61. The molecule has 0 aliphatic carbocycles. The van der Waals surface area contributed by atoms with Crippen molar-refractivity contribution in [1.82, 2.24) is 9.62 Å². The van der Waals surface area contributed by atoms with Gasteiger partial charge in [-0.1, -0.05) is 23.8 Å². The largest absolute Gasteiger partial charge is 0.494 e. The number of likely N-dealkylation sites (N-methyl/N-ethyl adjacent to an activating group) is 1. The minimum atomic E-state index is -3.77. The molecule has 2 rings (SSSR count). The van der Waals surface area contributed by atoms with Crippen LogP contribution in [0.2, 0.25) is 0 Å². The summed E-state index contributed by atoms with van der Waals surface area (Å²) in [6.45, 7) is 3.20. The second-order valence-corrected chi connectivity index (χ2v) is 8.30. The molecule has 0 saturated carbocycles. The number of amides is 1. The molecule has 0 radical (unpaired) electrons. The molecular formula is C19H23FN2O4S. The van der Waals surface area contributed by atoms with Gasteiger partial charge in [-0.2, -0.15) is 4.31 Å². The van der Waals surface area contributed by atoms with E-state index >= 15 is 0 Å². The van der Waals surface area contributed by atoms with Crippen molar-refractivity contribution >= 4 is 15.9 Å². The summed E-state index contributed by atoms with van der Waals surface area (Å²) in [5.74, 6) is -0.909. The van der Waals surface area contributed by atoms with Gasteiger partial charge in [0, 0.05) is 7.05 Å². The Labute approximate surface area is 159 Å². The predicted octanol–water partition coefficient (Wildman–Crippen LogP) is 2.64. The fraction of sp³-hybridized carbons (Fsp3) is 0.316. The van der Waals surface area contributed by atoms with Gasteiger partial charge in [0.1, 0.15) is 0 Å². The third-order valence-corrected chi connectivity index (χ3v) is 5.97. The zero-order valence-corrected chi connectivity index (χ0v) is 16.5. The number of methoxy groups -OCH3 is 1. The molecule has 0 saturated heterocycles. The zero-order valence-electron chi connectivity index (χ0n) is 15.7. The molecule has 0 fully saturated rings. The van der Waals surface area contributed by atoms with Crippen LogP contribution in [0.5, 0.6) is 5.75 Å². The number of nitrogens with one attached hydrogen (secondary N) is 1. The van der Waals surface area contributed by atoms with Gasteiger partial charge in [0.2, 0.25) is 15.9 Å². The molecule has 146 valence electrons. The van der Waals surface area contributed by atoms with E-state index in [2.05, 4.69) is 5.32 Å². The first-order valence-electron chi connectivity index (χ1n) is 8.31. The molecule has 27 heavy (non-hydrogen) atoms. The Morgan fingerprint density at radius 1 is 1.22 bits per heavy atom. The Morgan fingerprint density at radius 2 is 1.85 bits per heavy atom. The monoisotopic (exact) mass is 394 g/mol. The number of nitrogens with zero attached hydrogens (tertiary/aromatic N) is 1. The molecule has 1 amide bonds. The first kappa shape index (κ1) is 20.9. The number of hydrogen-bond donors (Lipinski definition) is 1. The quantitative estimate of drug-likeness (QED) is 0.783. The third-order valence-electron chi connectivity index (χ3n) is 4.15. The summed E-state index contributed by atoms with van der Waals surface area (Å²) in [5.41, 5.74) is 1.49. The van der Waals surface area contributed by atoms with E-state index in [1.165, 1.54) is 38.4 Å². The molecule has 0 aliphatic heterocycles. The average molecular weight is 394 g/mol. The van der Waals surface area contributed by atoms with Crippen molar-refractivity contribution in [2.75, 3.05) is 20.7 Å². The van der Waals surface area contributed by atoms with Gasteiger partial charge < -0.3 is 10.1 Å². The van der Waals surface area contributed by atoms with Crippen molar-refractivity contribution in [2.24, 2.45) is 0 Å². The van der Waals surface area contributed by atoms with Crippen LogP contribution in [-0.2, 0) is 14.8 Å². The second kappa shape index (κ2) is 8.49. The fourth-order valence-corrected chi connectivity index (χ4v) is 3.63. The Morgan fingerprint density at radius 3 is 2.41 bits per heavy atom. The zero-order chi connectivity index (χ0) is 20.2. The van der Waals surface area contributed by atoms with Crippen LogP contribution in [-0.4, -0.2) is 39.3 Å². The maximum atomic E-state index is 13.8. The number of sulfonamides is 1. The summed E-state index contributed by atoms with van der Waals surface area (Å²) >= 11 is 0. The predicted molar refractivity (Wildman–Crippen MR) is 101 cm³/mol. The van der Waals surface area contributed by atoms with E-state index < -0.39 is 27.8 Å². The van der Waals surface area contributed by atoms with Crippen LogP contribution in [0.3, 0.4) is 0 Å². The fourth-order valence-electron chi connectivity index (χ4n) is 2.50. The molecule has 0 aliphatic rings. The highest BCUT2D eigenvalue weighted by Gasteiger charge is 2.23. The molecule has 0 spiro atoms. The van der Waals surface area contributed by atoms with Crippen molar-refractivity contribution in [3.8, 4) is 5.75 Å². The molecule has 2 aromatic rings. The van der Waals surface area contributed by atoms with E-state index in [-0.39, 0.29) is 17.2 Å². The number of hydrogen-bond acceptors (Lipinski definition) is 4. The summed E-state index contributed by atoms with van der Waals surface area (Å²) in [5, 5.41) is 2.67. The maximum absolute atomic E-state index is 13.8. The first-order chi connectivity index (χ1) is 12.6. The van der Waals surface area contributed by atoms with Crippen molar-refractivity contribution in [3.05, 3.63) is 59.4 Å². The summed E-state index contributed by atoms with van der Waals surface area (Å²) in [6, 6.07) is 10.3. The molecule has 6 nitrogen and oxygen atoms in total. The lowest BCUT2D eigenvalue weighted by molar-refractivity contribution is -0.121. The summed E-state index contributed by atoms with van der Waals surface area (Å²) < 4.78 is 44.7. The normalized spacial score (nSPS) is 12.7. The van der Waals surface area contributed by atoms with Crippen molar-refractivity contribution in [2.45, 2.75) is 24.8 Å². The number of halogens is 1. The number of carbonyl (C=O) groups is 1. The third kappa shape index (κ3) is 5.05. The lowest BCUT2D eigenvalue weighted by atomic mass is 10.1.